The molecular weight excluding hydrogens is 498 g/mol. The number of aliphatic hydroxyl groups is 1. The molecule has 4 heterocycles. The van der Waals surface area contributed by atoms with E-state index in [1.165, 1.54) is 13.0 Å². The number of aromatic nitrogens is 4. The van der Waals surface area contributed by atoms with Crippen LogP contribution in [0.25, 0.3) is 6.08 Å². The van der Waals surface area contributed by atoms with Crippen LogP contribution in [-0.2, 0) is 17.1 Å². The average Bonchev–Trinajstić information content (AvgIpc) is 3.24. The molecule has 1 fully saturated rings. The SMILES string of the molecule is Cc1nc2n(c1C(C)(O)c1ccccc1OC(F)F)CN(c1cnc(N3CCC(C(=O)O)CC3)nc1)C=C2. The van der Waals surface area contributed by atoms with Crippen LogP contribution in [0.4, 0.5) is 20.4 Å². The fourth-order valence-electron chi connectivity index (χ4n) is 5.15. The summed E-state index contributed by atoms with van der Waals surface area (Å²) in [6.45, 7) is 1.70. The number of ether oxygens (including phenoxy) is 1. The topological polar surface area (TPSA) is 117 Å². The number of aliphatic carboxylic acids is 1. The second-order valence-electron chi connectivity index (χ2n) is 9.55. The Morgan fingerprint density at radius 1 is 1.18 bits per heavy atom. The van der Waals surface area contributed by atoms with E-state index in [0.717, 1.165) is 0 Å². The van der Waals surface area contributed by atoms with Crippen LogP contribution >= 0.6 is 0 Å². The lowest BCUT2D eigenvalue weighted by atomic mass is 9.90. The number of aryl methyl sites for hydroxylation is 1. The molecule has 0 amide bonds. The van der Waals surface area contributed by atoms with E-state index in [1.54, 1.807) is 43.6 Å². The summed E-state index contributed by atoms with van der Waals surface area (Å²) >= 11 is 0. The molecule has 5 rings (SSSR count). The van der Waals surface area contributed by atoms with Gasteiger partial charge in [0.25, 0.3) is 0 Å². The van der Waals surface area contributed by atoms with Crippen LogP contribution in [-0.4, -0.2) is 55.4 Å². The van der Waals surface area contributed by atoms with Crippen LogP contribution in [0, 0.1) is 12.8 Å². The highest BCUT2D eigenvalue weighted by Gasteiger charge is 2.37. The Labute approximate surface area is 217 Å². The minimum Gasteiger partial charge on any atom is -0.481 e. The summed E-state index contributed by atoms with van der Waals surface area (Å²) in [5, 5.41) is 20.9. The number of nitrogens with zero attached hydrogens (tertiary/aromatic N) is 6. The molecular formula is C26H28F2N6O4. The Morgan fingerprint density at radius 3 is 2.53 bits per heavy atom. The highest BCUT2D eigenvalue weighted by molar-refractivity contribution is 5.70. The first-order chi connectivity index (χ1) is 18.1. The molecule has 1 unspecified atom stereocenters. The minimum absolute atomic E-state index is 0.109. The predicted molar refractivity (Wildman–Crippen MR) is 135 cm³/mol. The number of anilines is 2. The average molecular weight is 527 g/mol. The number of carboxylic acids is 1. The highest BCUT2D eigenvalue weighted by Crippen LogP contribution is 2.39. The number of hydrogen-bond donors (Lipinski definition) is 2. The number of carboxylic acid groups (broad SMARTS) is 1. The van der Waals surface area contributed by atoms with Gasteiger partial charge in [-0.25, -0.2) is 15.0 Å². The third-order valence-corrected chi connectivity index (χ3v) is 7.04. The number of benzene rings is 1. The summed E-state index contributed by atoms with van der Waals surface area (Å²) < 4.78 is 32.6. The van der Waals surface area contributed by atoms with Crippen molar-refractivity contribution in [3.63, 3.8) is 0 Å². The molecule has 0 spiro atoms. The number of halogens is 2. The van der Waals surface area contributed by atoms with Crippen LogP contribution in [0.3, 0.4) is 0 Å². The third kappa shape index (κ3) is 4.78. The molecule has 10 nitrogen and oxygen atoms in total. The van der Waals surface area contributed by atoms with E-state index in [0.29, 0.717) is 54.8 Å². The molecule has 0 radical (unpaired) electrons. The van der Waals surface area contributed by atoms with E-state index in [9.17, 15) is 23.8 Å². The Bertz CT molecular complexity index is 1350. The normalized spacial score (nSPS) is 17.4. The molecule has 1 atom stereocenters. The lowest BCUT2D eigenvalue weighted by molar-refractivity contribution is -0.142. The minimum atomic E-state index is -3.03. The van der Waals surface area contributed by atoms with Gasteiger partial charge >= 0.3 is 12.6 Å². The van der Waals surface area contributed by atoms with Gasteiger partial charge in [0.15, 0.2) is 0 Å². The van der Waals surface area contributed by atoms with Crippen LogP contribution in [0.2, 0.25) is 0 Å². The maximum absolute atomic E-state index is 13.0. The van der Waals surface area contributed by atoms with E-state index in [-0.39, 0.29) is 23.9 Å². The Kier molecular flexibility index (Phi) is 6.74. The monoisotopic (exact) mass is 526 g/mol. The maximum atomic E-state index is 13.0. The lowest BCUT2D eigenvalue weighted by Gasteiger charge is -2.32. The molecule has 12 heteroatoms. The van der Waals surface area contributed by atoms with Crippen molar-refractivity contribution in [1.29, 1.82) is 0 Å². The molecule has 0 saturated carbocycles. The third-order valence-electron chi connectivity index (χ3n) is 7.04. The van der Waals surface area contributed by atoms with Crippen molar-refractivity contribution in [3.05, 3.63) is 65.6 Å². The van der Waals surface area contributed by atoms with Gasteiger partial charge in [0, 0.05) is 24.9 Å². The summed E-state index contributed by atoms with van der Waals surface area (Å²) in [4.78, 5) is 28.6. The zero-order chi connectivity index (χ0) is 27.0. The highest BCUT2D eigenvalue weighted by atomic mass is 19.3. The fraction of sp³-hybridized carbons (Fsp3) is 0.385. The molecule has 0 aliphatic carbocycles. The molecule has 3 aromatic rings. The van der Waals surface area contributed by atoms with Gasteiger partial charge in [-0.1, -0.05) is 18.2 Å². The number of fused-ring (bicyclic) bond motifs is 1. The fourth-order valence-corrected chi connectivity index (χ4v) is 5.15. The molecule has 2 aromatic heterocycles. The first-order valence-corrected chi connectivity index (χ1v) is 12.2. The van der Waals surface area contributed by atoms with Crippen LogP contribution in [0.15, 0.2) is 42.9 Å². The van der Waals surface area contributed by atoms with Gasteiger partial charge < -0.3 is 29.3 Å². The van der Waals surface area contributed by atoms with E-state index in [4.69, 9.17) is 0 Å². The summed E-state index contributed by atoms with van der Waals surface area (Å²) in [5.74, 6) is -0.0633. The summed E-state index contributed by atoms with van der Waals surface area (Å²) in [5.41, 5.74) is 0.229. The summed E-state index contributed by atoms with van der Waals surface area (Å²) in [6.07, 6.45) is 8.11. The van der Waals surface area contributed by atoms with Crippen molar-refractivity contribution in [2.45, 2.75) is 45.6 Å². The van der Waals surface area contributed by atoms with Crippen molar-refractivity contribution in [2.24, 2.45) is 5.92 Å². The number of para-hydroxylation sites is 1. The van der Waals surface area contributed by atoms with Crippen molar-refractivity contribution in [3.8, 4) is 5.75 Å². The zero-order valence-electron chi connectivity index (χ0n) is 21.0. The van der Waals surface area contributed by atoms with Gasteiger partial charge in [0.2, 0.25) is 5.95 Å². The van der Waals surface area contributed by atoms with Crippen LogP contribution < -0.4 is 14.5 Å². The Balaban J connectivity index is 1.38. The molecule has 38 heavy (non-hydrogen) atoms. The number of carbonyl (C=O) groups is 1. The van der Waals surface area contributed by atoms with E-state index in [2.05, 4.69) is 19.7 Å². The number of rotatable bonds is 7. The van der Waals surface area contributed by atoms with Crippen molar-refractivity contribution in [1.82, 2.24) is 19.5 Å². The predicted octanol–water partition coefficient (Wildman–Crippen LogP) is 3.59. The Morgan fingerprint density at radius 2 is 1.87 bits per heavy atom. The Hall–Kier alpha value is -4.06. The summed E-state index contributed by atoms with van der Waals surface area (Å²) in [6, 6.07) is 6.17. The molecule has 1 saturated heterocycles. The second kappa shape index (κ2) is 10.0. The second-order valence-corrected chi connectivity index (χ2v) is 9.55. The molecule has 2 N–H and O–H groups in total. The number of alkyl halides is 2. The van der Waals surface area contributed by atoms with Gasteiger partial charge in [-0.3, -0.25) is 4.79 Å². The van der Waals surface area contributed by atoms with Gasteiger partial charge in [0.1, 0.15) is 23.8 Å². The lowest BCUT2D eigenvalue weighted by Crippen LogP contribution is -2.37. The van der Waals surface area contributed by atoms with Crippen molar-refractivity contribution < 1.29 is 28.5 Å². The van der Waals surface area contributed by atoms with E-state index < -0.39 is 18.2 Å². The maximum Gasteiger partial charge on any atom is 0.387 e. The van der Waals surface area contributed by atoms with E-state index >= 15 is 0 Å². The van der Waals surface area contributed by atoms with Crippen molar-refractivity contribution in [2.75, 3.05) is 22.9 Å². The van der Waals surface area contributed by atoms with Gasteiger partial charge in [-0.2, -0.15) is 8.78 Å². The first kappa shape index (κ1) is 25.6. The standard InChI is InChI=1S/C26H28F2N6O4/c1-16-22(26(2,37)19-5-3-4-6-20(19)38-24(27)28)34-15-33(12-9-21(34)31-16)18-13-29-25(30-14-18)32-10-7-17(8-11-32)23(35)36/h3-6,9,12-14,17,24,37H,7-8,10-11,15H2,1-2H3,(H,35,36). The number of piperidine rings is 1. The molecule has 200 valence electrons. The number of imidazole rings is 1. The van der Waals surface area contributed by atoms with E-state index in [1.807, 2.05) is 20.6 Å². The van der Waals surface area contributed by atoms with Crippen LogP contribution in [0.5, 0.6) is 5.75 Å². The largest absolute Gasteiger partial charge is 0.481 e. The van der Waals surface area contributed by atoms with Gasteiger partial charge in [-0.05, 0) is 38.8 Å². The molecule has 0 bridgehead atoms. The summed E-state index contributed by atoms with van der Waals surface area (Å²) in [7, 11) is 0. The zero-order valence-corrected chi connectivity index (χ0v) is 21.0. The van der Waals surface area contributed by atoms with Crippen molar-refractivity contribution >= 4 is 23.7 Å². The van der Waals surface area contributed by atoms with Gasteiger partial charge in [-0.15, -0.1) is 0 Å². The molecule has 1 aromatic carbocycles. The smallest absolute Gasteiger partial charge is 0.387 e. The molecule has 2 aliphatic rings. The molecule has 2 aliphatic heterocycles. The quantitative estimate of drug-likeness (QED) is 0.476. The number of hydrogen-bond acceptors (Lipinski definition) is 8. The van der Waals surface area contributed by atoms with Crippen LogP contribution in [0.1, 0.15) is 42.5 Å². The first-order valence-electron chi connectivity index (χ1n) is 12.2. The van der Waals surface area contributed by atoms with Gasteiger partial charge in [0.05, 0.1) is 35.4 Å².